The van der Waals surface area contributed by atoms with Gasteiger partial charge in [-0.3, -0.25) is 14.6 Å². The lowest BCUT2D eigenvalue weighted by Crippen LogP contribution is -2.53. The van der Waals surface area contributed by atoms with Gasteiger partial charge in [0.1, 0.15) is 23.8 Å². The summed E-state index contributed by atoms with van der Waals surface area (Å²) in [6.07, 6.45) is 1.46. The minimum absolute atomic E-state index is 0.0189. The average Bonchev–Trinajstić information content (AvgIpc) is 3.76. The Kier molecular flexibility index (Phi) is 8.52. The Hall–Kier alpha value is -3.55. The summed E-state index contributed by atoms with van der Waals surface area (Å²) in [6, 6.07) is 7.04. The molecule has 0 radical (unpaired) electrons. The van der Waals surface area contributed by atoms with E-state index in [4.69, 9.17) is 4.98 Å². The molecule has 10 nitrogen and oxygen atoms in total. The monoisotopic (exact) mass is 666 g/mol. The van der Waals surface area contributed by atoms with E-state index in [1.54, 1.807) is 18.5 Å². The molecule has 0 bridgehead atoms. The number of nitrogens with zero attached hydrogens (tertiary/aromatic N) is 7. The van der Waals surface area contributed by atoms with Crippen molar-refractivity contribution < 1.29 is 23.1 Å². The number of carbonyl (C=O) groups is 1. The van der Waals surface area contributed by atoms with Gasteiger partial charge in [-0.15, -0.1) is 10.2 Å². The standard InChI is InChI=1S/C35H45F3N8O2/c1-21(2)29-19-43(3)9-10-45(29)17-22-11-26-27(28(12-22)35(36,37)38)18-46(32(26)48)31-14-23(13-30(41-31)40-24-7-5-6-8-24)34(15-25(47)16-34)33-42-39-20-44(33)4/h11-14,20-21,24-25,29,47H,5-10,15-19H2,1-4H3,(H,40,41)/t25?,29-,34?/m1/s1. The highest BCUT2D eigenvalue weighted by atomic mass is 19.4. The number of anilines is 2. The summed E-state index contributed by atoms with van der Waals surface area (Å²) in [5.41, 5.74) is -0.0984. The van der Waals surface area contributed by atoms with E-state index in [0.29, 0.717) is 42.5 Å². The Balaban J connectivity index is 1.27. The second kappa shape index (κ2) is 12.4. The number of hydrogen-bond donors (Lipinski definition) is 2. The second-order valence-corrected chi connectivity index (χ2v) is 14.7. The van der Waals surface area contributed by atoms with Crippen LogP contribution >= 0.6 is 0 Å². The number of aliphatic hydroxyl groups excluding tert-OH is 1. The molecule has 4 aliphatic rings. The van der Waals surface area contributed by atoms with Crippen LogP contribution in [0.15, 0.2) is 30.6 Å². The van der Waals surface area contributed by atoms with Crippen molar-refractivity contribution in [2.45, 2.75) is 95.2 Å². The fourth-order valence-corrected chi connectivity index (χ4v) is 8.34. The molecule has 2 aliphatic heterocycles. The summed E-state index contributed by atoms with van der Waals surface area (Å²) < 4.78 is 45.9. The minimum atomic E-state index is -4.63. The number of rotatable bonds is 8. The van der Waals surface area contributed by atoms with E-state index in [9.17, 15) is 23.1 Å². The molecule has 13 heteroatoms. The number of amides is 1. The highest BCUT2D eigenvalue weighted by molar-refractivity contribution is 6.10. The first-order chi connectivity index (χ1) is 22.8. The van der Waals surface area contributed by atoms with Crippen LogP contribution in [-0.4, -0.2) is 85.4 Å². The molecule has 1 aromatic carbocycles. The Labute approximate surface area is 279 Å². The third-order valence-corrected chi connectivity index (χ3v) is 11.0. The fourth-order valence-electron chi connectivity index (χ4n) is 8.34. The van der Waals surface area contributed by atoms with Gasteiger partial charge in [-0.2, -0.15) is 13.2 Å². The largest absolute Gasteiger partial charge is 0.416 e. The molecule has 2 saturated carbocycles. The van der Waals surface area contributed by atoms with Crippen LogP contribution in [0.4, 0.5) is 24.8 Å². The Morgan fingerprint density at radius 2 is 1.83 bits per heavy atom. The smallest absolute Gasteiger partial charge is 0.393 e. The molecule has 48 heavy (non-hydrogen) atoms. The number of likely N-dealkylation sites (N-methyl/N-ethyl adjacent to an activating group) is 1. The molecule has 0 spiro atoms. The third kappa shape index (κ3) is 5.98. The van der Waals surface area contributed by atoms with Crippen LogP contribution in [0.2, 0.25) is 0 Å². The lowest BCUT2D eigenvalue weighted by molar-refractivity contribution is -0.138. The van der Waals surface area contributed by atoms with E-state index in [2.05, 4.69) is 46.2 Å². The number of nitrogens with one attached hydrogen (secondary N) is 1. The number of aromatic nitrogens is 4. The molecule has 7 rings (SSSR count). The topological polar surface area (TPSA) is 103 Å². The number of alkyl halides is 3. The van der Waals surface area contributed by atoms with Gasteiger partial charge >= 0.3 is 6.18 Å². The highest BCUT2D eigenvalue weighted by Gasteiger charge is 2.50. The first kappa shape index (κ1) is 33.0. The van der Waals surface area contributed by atoms with Crippen molar-refractivity contribution in [3.63, 3.8) is 0 Å². The molecular formula is C35H45F3N8O2. The lowest BCUT2D eigenvalue weighted by atomic mass is 9.62. The molecule has 2 aliphatic carbocycles. The summed E-state index contributed by atoms with van der Waals surface area (Å²) in [5, 5.41) is 22.5. The van der Waals surface area contributed by atoms with Gasteiger partial charge in [0.2, 0.25) is 0 Å². The SMILES string of the molecule is CC(C)[C@H]1CN(C)CCN1Cc1cc2c(c(C(F)(F)F)c1)CN(c1cc(C3(c4nncn4C)CC(O)C3)cc(NC3CCCC3)n1)C2=O. The fraction of sp³-hybridized carbons (Fsp3) is 0.600. The zero-order valence-corrected chi connectivity index (χ0v) is 28.1. The van der Waals surface area contributed by atoms with Crippen molar-refractivity contribution in [2.24, 2.45) is 13.0 Å². The van der Waals surface area contributed by atoms with Crippen molar-refractivity contribution in [3.8, 4) is 0 Å². The van der Waals surface area contributed by atoms with Crippen LogP contribution < -0.4 is 10.2 Å². The molecule has 1 atom stereocenters. The zero-order valence-electron chi connectivity index (χ0n) is 28.1. The summed E-state index contributed by atoms with van der Waals surface area (Å²) in [6.45, 7) is 6.80. The van der Waals surface area contributed by atoms with Crippen LogP contribution in [-0.2, 0) is 31.7 Å². The maximum absolute atomic E-state index is 14.7. The van der Waals surface area contributed by atoms with E-state index in [1.165, 1.54) is 11.0 Å². The molecule has 0 unspecified atom stereocenters. The van der Waals surface area contributed by atoms with Gasteiger partial charge in [-0.25, -0.2) is 4.98 Å². The number of hydrogen-bond acceptors (Lipinski definition) is 8. The Morgan fingerprint density at radius 1 is 1.08 bits per heavy atom. The number of pyridine rings is 1. The van der Waals surface area contributed by atoms with Crippen LogP contribution in [0.1, 0.15) is 90.8 Å². The van der Waals surface area contributed by atoms with Crippen molar-refractivity contribution in [1.29, 1.82) is 0 Å². The van der Waals surface area contributed by atoms with Crippen LogP contribution in [0.5, 0.6) is 0 Å². The summed E-state index contributed by atoms with van der Waals surface area (Å²) in [7, 11) is 3.92. The second-order valence-electron chi connectivity index (χ2n) is 14.7. The average molecular weight is 667 g/mol. The molecule has 1 saturated heterocycles. The van der Waals surface area contributed by atoms with Gasteiger partial charge in [-0.1, -0.05) is 26.7 Å². The maximum Gasteiger partial charge on any atom is 0.416 e. The van der Waals surface area contributed by atoms with Gasteiger partial charge in [0, 0.05) is 50.9 Å². The van der Waals surface area contributed by atoms with Crippen molar-refractivity contribution >= 4 is 17.5 Å². The van der Waals surface area contributed by atoms with Gasteiger partial charge in [0.15, 0.2) is 0 Å². The van der Waals surface area contributed by atoms with Crippen molar-refractivity contribution in [1.82, 2.24) is 29.5 Å². The predicted molar refractivity (Wildman–Crippen MR) is 176 cm³/mol. The Morgan fingerprint density at radius 3 is 2.48 bits per heavy atom. The number of halogens is 3. The van der Waals surface area contributed by atoms with E-state index in [0.717, 1.165) is 50.9 Å². The van der Waals surface area contributed by atoms with Crippen LogP contribution in [0.25, 0.3) is 0 Å². The predicted octanol–water partition coefficient (Wildman–Crippen LogP) is 4.96. The number of aliphatic hydroxyl groups is 1. The van der Waals surface area contributed by atoms with Crippen molar-refractivity contribution in [2.75, 3.05) is 36.9 Å². The van der Waals surface area contributed by atoms with Gasteiger partial charge < -0.3 is 19.9 Å². The van der Waals surface area contributed by atoms with Crippen LogP contribution in [0, 0.1) is 5.92 Å². The molecular weight excluding hydrogens is 621 g/mol. The Bertz CT molecular complexity index is 1680. The third-order valence-electron chi connectivity index (χ3n) is 11.0. The first-order valence-corrected chi connectivity index (χ1v) is 17.1. The molecule has 2 aromatic heterocycles. The van der Waals surface area contributed by atoms with Crippen molar-refractivity contribution in [3.05, 3.63) is 64.2 Å². The normalized spacial score (nSPS) is 25.6. The quantitative estimate of drug-likeness (QED) is 0.348. The zero-order chi connectivity index (χ0) is 34.0. The number of benzene rings is 1. The summed E-state index contributed by atoms with van der Waals surface area (Å²) in [5.74, 6) is 1.36. The summed E-state index contributed by atoms with van der Waals surface area (Å²) >= 11 is 0. The van der Waals surface area contributed by atoms with Gasteiger partial charge in [0.25, 0.3) is 5.91 Å². The van der Waals surface area contributed by atoms with Gasteiger partial charge in [0.05, 0.1) is 23.6 Å². The molecule has 3 fully saturated rings. The maximum atomic E-state index is 14.7. The number of fused-ring (bicyclic) bond motifs is 1. The first-order valence-electron chi connectivity index (χ1n) is 17.1. The van der Waals surface area contributed by atoms with E-state index >= 15 is 0 Å². The molecule has 1 amide bonds. The molecule has 4 heterocycles. The van der Waals surface area contributed by atoms with Gasteiger partial charge in [-0.05, 0) is 79.6 Å². The number of piperazine rings is 1. The van der Waals surface area contributed by atoms with E-state index in [-0.39, 0.29) is 35.6 Å². The van der Waals surface area contributed by atoms with Crippen LogP contribution in [0.3, 0.4) is 0 Å². The highest BCUT2D eigenvalue weighted by Crippen LogP contribution is 2.50. The minimum Gasteiger partial charge on any atom is -0.393 e. The molecule has 258 valence electrons. The molecule has 3 aromatic rings. The molecule has 2 N–H and O–H groups in total. The van der Waals surface area contributed by atoms with E-state index < -0.39 is 29.2 Å². The number of aryl methyl sites for hydroxylation is 1. The number of carbonyl (C=O) groups excluding carboxylic acids is 1. The van der Waals surface area contributed by atoms with E-state index in [1.807, 2.05) is 17.7 Å². The lowest BCUT2D eigenvalue weighted by Gasteiger charge is -2.45. The summed E-state index contributed by atoms with van der Waals surface area (Å²) in [4.78, 5) is 24.9.